The van der Waals surface area contributed by atoms with Crippen LogP contribution < -0.4 is 0 Å². The Bertz CT molecular complexity index is 507. The van der Waals surface area contributed by atoms with Crippen LogP contribution in [0, 0.1) is 0 Å². The van der Waals surface area contributed by atoms with Gasteiger partial charge in [0.05, 0.1) is 4.75 Å². The maximum Gasteiger partial charge on any atom is 0.270 e. The lowest BCUT2D eigenvalue weighted by Crippen LogP contribution is -2.41. The lowest BCUT2D eigenvalue weighted by atomic mass is 9.90. The molecule has 1 unspecified atom stereocenters. The molecular weight excluding hydrogens is 418 g/mol. The summed E-state index contributed by atoms with van der Waals surface area (Å²) in [4.78, 5) is 2.03. The molecule has 0 spiro atoms. The van der Waals surface area contributed by atoms with Crippen LogP contribution in [0.3, 0.4) is 0 Å². The predicted octanol–water partition coefficient (Wildman–Crippen LogP) is 8.41. The second-order valence-corrected chi connectivity index (χ2v) is 12.2. The molecule has 4 nitrogen and oxygen atoms in total. The molecule has 0 heterocycles. The van der Waals surface area contributed by atoms with E-state index >= 15 is 0 Å². The zero-order chi connectivity index (χ0) is 24.1. The van der Waals surface area contributed by atoms with Gasteiger partial charge in [-0.25, -0.2) is 0 Å². The first-order chi connectivity index (χ1) is 15.3. The maximum absolute atomic E-state index is 12.5. The van der Waals surface area contributed by atoms with Crippen LogP contribution in [-0.4, -0.2) is 43.3 Å². The van der Waals surface area contributed by atoms with Crippen molar-refractivity contribution in [2.24, 2.45) is 0 Å². The van der Waals surface area contributed by atoms with Crippen molar-refractivity contribution in [2.75, 3.05) is 20.6 Å². The van der Waals surface area contributed by atoms with Crippen LogP contribution in [-0.2, 0) is 10.1 Å². The van der Waals surface area contributed by atoms with Gasteiger partial charge in [-0.15, -0.1) is 0 Å². The van der Waals surface area contributed by atoms with Gasteiger partial charge in [-0.3, -0.25) is 4.55 Å². The molecule has 0 saturated carbocycles. The SMILES string of the molecule is CCCCCCCCCCCCC(CCCCCCCCCC)(CCN(C)C)S(=O)(=O)O. The highest BCUT2D eigenvalue weighted by Gasteiger charge is 2.41. The van der Waals surface area contributed by atoms with Gasteiger partial charge in [0, 0.05) is 0 Å². The largest absolute Gasteiger partial charge is 0.309 e. The molecule has 5 heteroatoms. The smallest absolute Gasteiger partial charge is 0.270 e. The van der Waals surface area contributed by atoms with Crippen LogP contribution in [0.15, 0.2) is 0 Å². The predicted molar refractivity (Wildman–Crippen MR) is 141 cm³/mol. The Morgan fingerprint density at radius 2 is 0.875 bits per heavy atom. The summed E-state index contributed by atoms with van der Waals surface area (Å²) in [6, 6.07) is 0. The quantitative estimate of drug-likeness (QED) is 0.112. The van der Waals surface area contributed by atoms with Gasteiger partial charge in [0.25, 0.3) is 10.1 Å². The maximum atomic E-state index is 12.5. The molecule has 0 aliphatic carbocycles. The van der Waals surface area contributed by atoms with Gasteiger partial charge < -0.3 is 4.90 Å². The summed E-state index contributed by atoms with van der Waals surface area (Å²) in [5.41, 5.74) is 0. The highest BCUT2D eigenvalue weighted by Crippen LogP contribution is 2.34. The summed E-state index contributed by atoms with van der Waals surface area (Å²) in [6.45, 7) is 5.19. The summed E-state index contributed by atoms with van der Waals surface area (Å²) in [5, 5.41) is 0. The topological polar surface area (TPSA) is 57.6 Å². The number of nitrogens with zero attached hydrogens (tertiary/aromatic N) is 1. The standard InChI is InChI=1S/C27H57NO3S/c1-5-7-9-11-13-15-16-18-20-22-24-27(32(29,30)31,25-26-28(3)4)23-21-19-17-14-12-10-8-6-2/h5-26H2,1-4H3,(H,29,30,31). The molecule has 0 fully saturated rings. The van der Waals surface area contributed by atoms with Gasteiger partial charge in [-0.05, 0) is 39.9 Å². The third-order valence-electron chi connectivity index (χ3n) is 7.03. The van der Waals surface area contributed by atoms with Crippen LogP contribution in [0.5, 0.6) is 0 Å². The Hall–Kier alpha value is -0.130. The molecule has 0 radical (unpaired) electrons. The summed E-state index contributed by atoms with van der Waals surface area (Å²) >= 11 is 0. The number of rotatable bonds is 24. The van der Waals surface area contributed by atoms with Crippen LogP contribution in [0.2, 0.25) is 0 Å². The molecular formula is C27H57NO3S. The van der Waals surface area contributed by atoms with E-state index in [0.29, 0.717) is 25.8 Å². The average molecular weight is 476 g/mol. The zero-order valence-electron chi connectivity index (χ0n) is 22.2. The molecule has 1 N–H and O–H groups in total. The van der Waals surface area contributed by atoms with E-state index < -0.39 is 14.9 Å². The monoisotopic (exact) mass is 475 g/mol. The summed E-state index contributed by atoms with van der Waals surface area (Å²) in [6.07, 6.45) is 23.7. The first-order valence-corrected chi connectivity index (χ1v) is 15.3. The van der Waals surface area contributed by atoms with Gasteiger partial charge in [-0.1, -0.05) is 129 Å². The molecule has 0 saturated heterocycles. The van der Waals surface area contributed by atoms with E-state index in [1.165, 1.54) is 89.9 Å². The highest BCUT2D eigenvalue weighted by molar-refractivity contribution is 7.87. The minimum Gasteiger partial charge on any atom is -0.309 e. The minimum absolute atomic E-state index is 0.534. The van der Waals surface area contributed by atoms with Crippen LogP contribution in [0.4, 0.5) is 0 Å². The van der Waals surface area contributed by atoms with Crippen molar-refractivity contribution in [3.8, 4) is 0 Å². The molecule has 194 valence electrons. The van der Waals surface area contributed by atoms with Crippen molar-refractivity contribution in [3.63, 3.8) is 0 Å². The van der Waals surface area contributed by atoms with E-state index in [-0.39, 0.29) is 0 Å². The Morgan fingerprint density at radius 1 is 0.562 bits per heavy atom. The fourth-order valence-electron chi connectivity index (χ4n) is 4.70. The van der Waals surface area contributed by atoms with Gasteiger partial charge in [-0.2, -0.15) is 8.42 Å². The van der Waals surface area contributed by atoms with Gasteiger partial charge in [0.15, 0.2) is 0 Å². The van der Waals surface area contributed by atoms with Gasteiger partial charge in [0.2, 0.25) is 0 Å². The lowest BCUT2D eigenvalue weighted by Gasteiger charge is -2.32. The van der Waals surface area contributed by atoms with Crippen LogP contribution in [0.1, 0.15) is 149 Å². The summed E-state index contributed by atoms with van der Waals surface area (Å²) < 4.78 is 34.3. The molecule has 1 atom stereocenters. The van der Waals surface area contributed by atoms with Crippen molar-refractivity contribution in [1.82, 2.24) is 4.90 Å². The molecule has 0 amide bonds. The second-order valence-electron chi connectivity index (χ2n) is 10.4. The van der Waals surface area contributed by atoms with Crippen molar-refractivity contribution < 1.29 is 13.0 Å². The Balaban J connectivity index is 4.46. The minimum atomic E-state index is -4.06. The number of unbranched alkanes of at least 4 members (excludes halogenated alkanes) is 16. The Labute approximate surface area is 202 Å². The fraction of sp³-hybridized carbons (Fsp3) is 1.00. The number of hydrogen-bond donors (Lipinski definition) is 1. The Kier molecular flexibility index (Phi) is 20.2. The van der Waals surface area contributed by atoms with E-state index in [1.54, 1.807) is 0 Å². The first kappa shape index (κ1) is 31.9. The molecule has 0 aromatic heterocycles. The lowest BCUT2D eigenvalue weighted by molar-refractivity contribution is 0.307. The molecule has 0 bridgehead atoms. The normalized spacial score (nSPS) is 14.2. The second kappa shape index (κ2) is 20.3. The van der Waals surface area contributed by atoms with E-state index in [2.05, 4.69) is 13.8 Å². The molecule has 0 aliphatic rings. The van der Waals surface area contributed by atoms with E-state index in [1.807, 2.05) is 19.0 Å². The van der Waals surface area contributed by atoms with E-state index in [4.69, 9.17) is 0 Å². The van der Waals surface area contributed by atoms with Crippen LogP contribution >= 0.6 is 0 Å². The number of hydrogen-bond acceptors (Lipinski definition) is 3. The molecule has 0 rings (SSSR count). The fourth-order valence-corrected chi connectivity index (χ4v) is 5.86. The van der Waals surface area contributed by atoms with Gasteiger partial charge >= 0.3 is 0 Å². The van der Waals surface area contributed by atoms with E-state index in [9.17, 15) is 13.0 Å². The molecule has 0 aromatic rings. The third kappa shape index (κ3) is 16.5. The average Bonchev–Trinajstić information content (AvgIpc) is 2.73. The van der Waals surface area contributed by atoms with Crippen molar-refractivity contribution in [2.45, 2.75) is 153 Å². The highest BCUT2D eigenvalue weighted by atomic mass is 32.2. The molecule has 32 heavy (non-hydrogen) atoms. The van der Waals surface area contributed by atoms with Crippen molar-refractivity contribution in [1.29, 1.82) is 0 Å². The summed E-state index contributed by atoms with van der Waals surface area (Å²) in [7, 11) is -0.108. The third-order valence-corrected chi connectivity index (χ3v) is 8.74. The molecule has 0 aliphatic heterocycles. The molecule has 0 aromatic carbocycles. The van der Waals surface area contributed by atoms with Gasteiger partial charge in [0.1, 0.15) is 0 Å². The summed E-state index contributed by atoms with van der Waals surface area (Å²) in [5.74, 6) is 0. The van der Waals surface area contributed by atoms with E-state index in [0.717, 1.165) is 25.7 Å². The first-order valence-electron chi connectivity index (χ1n) is 13.9. The zero-order valence-corrected chi connectivity index (χ0v) is 23.0. The van der Waals surface area contributed by atoms with Crippen molar-refractivity contribution in [3.05, 3.63) is 0 Å². The van der Waals surface area contributed by atoms with Crippen LogP contribution in [0.25, 0.3) is 0 Å². The Morgan fingerprint density at radius 3 is 1.16 bits per heavy atom. The van der Waals surface area contributed by atoms with Crippen molar-refractivity contribution >= 4 is 10.1 Å².